The Balaban J connectivity index is 1.49. The second-order valence-electron chi connectivity index (χ2n) is 7.70. The van der Waals surface area contributed by atoms with E-state index in [1.807, 2.05) is 0 Å². The molecule has 2 N–H and O–H groups in total. The number of halogens is 5. The smallest absolute Gasteiger partial charge is 0.271 e. The van der Waals surface area contributed by atoms with Crippen molar-refractivity contribution in [1.29, 1.82) is 0 Å². The van der Waals surface area contributed by atoms with Gasteiger partial charge in [-0.15, -0.1) is 23.2 Å². The molecule has 2 aromatic carbocycles. The number of anilines is 2. The third kappa shape index (κ3) is 5.21. The molecule has 11 heteroatoms. The molecule has 0 saturated heterocycles. The number of hydrazine groups is 1. The van der Waals surface area contributed by atoms with Gasteiger partial charge >= 0.3 is 0 Å². The van der Waals surface area contributed by atoms with Gasteiger partial charge in [0.2, 0.25) is 5.91 Å². The molecule has 0 bridgehead atoms. The number of nitrogens with one attached hydrogen (secondary N) is 2. The number of nitrogens with zero attached hydrogens (tertiary/aromatic N) is 2. The Morgan fingerprint density at radius 3 is 2.35 bits per heavy atom. The molecule has 1 saturated carbocycles. The first kappa shape index (κ1) is 24.9. The van der Waals surface area contributed by atoms with Crippen LogP contribution in [0.25, 0.3) is 0 Å². The minimum Gasteiger partial charge on any atom is -0.326 e. The lowest BCUT2D eigenvalue weighted by Gasteiger charge is -2.19. The molecule has 2 atom stereocenters. The first-order chi connectivity index (χ1) is 16.1. The maximum Gasteiger partial charge on any atom is 0.271 e. The Morgan fingerprint density at radius 2 is 1.71 bits per heavy atom. The summed E-state index contributed by atoms with van der Waals surface area (Å²) in [5.74, 6) is -1.58. The van der Waals surface area contributed by atoms with E-state index in [0.717, 1.165) is 0 Å². The number of hydrogen-bond acceptors (Lipinski definition) is 4. The van der Waals surface area contributed by atoms with E-state index in [1.165, 1.54) is 17.1 Å². The van der Waals surface area contributed by atoms with Crippen LogP contribution in [0.5, 0.6) is 0 Å². The van der Waals surface area contributed by atoms with Crippen LogP contribution in [-0.4, -0.2) is 28.2 Å². The number of rotatable bonds is 6. The van der Waals surface area contributed by atoms with Crippen molar-refractivity contribution in [3.8, 4) is 0 Å². The molecule has 0 spiro atoms. The van der Waals surface area contributed by atoms with Crippen LogP contribution in [0.15, 0.2) is 60.8 Å². The van der Waals surface area contributed by atoms with Crippen molar-refractivity contribution in [1.82, 2.24) is 10.4 Å². The molecular weight excluding hydrogens is 542 g/mol. The number of amides is 2. The molecule has 1 heterocycles. The minimum absolute atomic E-state index is 0.166. The lowest BCUT2D eigenvalue weighted by molar-refractivity contribution is -0.117. The van der Waals surface area contributed by atoms with E-state index < -0.39 is 28.0 Å². The molecule has 1 aliphatic rings. The van der Waals surface area contributed by atoms with Crippen molar-refractivity contribution in [2.24, 2.45) is 5.92 Å². The van der Waals surface area contributed by atoms with Crippen LogP contribution in [0.4, 0.5) is 11.5 Å². The first-order valence-electron chi connectivity index (χ1n) is 9.98. The van der Waals surface area contributed by atoms with Crippen molar-refractivity contribution < 1.29 is 9.59 Å². The number of carbonyl (C=O) groups is 2. The molecule has 4 rings (SSSR count). The molecule has 1 aliphatic carbocycles. The lowest BCUT2D eigenvalue weighted by Crippen LogP contribution is -2.40. The van der Waals surface area contributed by atoms with Crippen LogP contribution in [0.2, 0.25) is 15.1 Å². The van der Waals surface area contributed by atoms with Gasteiger partial charge in [-0.25, -0.2) is 4.98 Å². The summed E-state index contributed by atoms with van der Waals surface area (Å²) in [7, 11) is 1.65. The molecule has 0 aliphatic heterocycles. The highest BCUT2D eigenvalue weighted by atomic mass is 35.5. The predicted molar refractivity (Wildman–Crippen MR) is 137 cm³/mol. The van der Waals surface area contributed by atoms with Crippen LogP contribution in [0.3, 0.4) is 0 Å². The third-order valence-corrected chi connectivity index (χ3v) is 7.03. The maximum atomic E-state index is 13.0. The Labute approximate surface area is 221 Å². The van der Waals surface area contributed by atoms with E-state index in [0.29, 0.717) is 27.1 Å². The zero-order chi connectivity index (χ0) is 24.6. The zero-order valence-electron chi connectivity index (χ0n) is 17.5. The Morgan fingerprint density at radius 1 is 1.00 bits per heavy atom. The molecular formula is C23H17Cl5N4O2. The van der Waals surface area contributed by atoms with E-state index in [4.69, 9.17) is 58.0 Å². The van der Waals surface area contributed by atoms with Crippen LogP contribution >= 0.6 is 58.0 Å². The van der Waals surface area contributed by atoms with Crippen molar-refractivity contribution in [3.63, 3.8) is 0 Å². The Kier molecular flexibility index (Phi) is 7.17. The summed E-state index contributed by atoms with van der Waals surface area (Å²) in [6.45, 7) is 0. The van der Waals surface area contributed by atoms with Crippen LogP contribution in [0.1, 0.15) is 21.8 Å². The fraction of sp³-hybridized carbons (Fsp3) is 0.174. The van der Waals surface area contributed by atoms with Gasteiger partial charge in [-0.3, -0.25) is 20.0 Å². The number of benzene rings is 2. The molecule has 3 aromatic rings. The molecule has 6 nitrogen and oxygen atoms in total. The molecule has 2 unspecified atom stereocenters. The first-order valence-corrected chi connectivity index (χ1v) is 11.9. The van der Waals surface area contributed by atoms with Gasteiger partial charge in [0, 0.05) is 34.9 Å². The molecule has 176 valence electrons. The van der Waals surface area contributed by atoms with Gasteiger partial charge in [-0.2, -0.15) is 0 Å². The zero-order valence-corrected chi connectivity index (χ0v) is 21.3. The topological polar surface area (TPSA) is 74.3 Å². The van der Waals surface area contributed by atoms with Crippen LogP contribution in [0, 0.1) is 5.92 Å². The Hall–Kier alpha value is -2.22. The lowest BCUT2D eigenvalue weighted by atomic mass is 10.1. The fourth-order valence-corrected chi connectivity index (χ4v) is 5.22. The number of hydrogen-bond donors (Lipinski definition) is 2. The summed E-state index contributed by atoms with van der Waals surface area (Å²) in [5.41, 5.74) is 3.88. The average Bonchev–Trinajstić information content (AvgIpc) is 3.37. The standard InChI is InChI=1S/C23H17Cl5N4O2/c1-32(18-4-2-3-7-29-18)31-21(33)16-11-15(5-6-17(16)26)30-22(34)20-19(23(20,27)28)12-8-13(24)10-14(25)9-12/h2-11,19-20H,1H3,(H,30,34)(H,31,33). The minimum atomic E-state index is -1.32. The largest absolute Gasteiger partial charge is 0.326 e. The van der Waals surface area contributed by atoms with Crippen molar-refractivity contribution in [3.05, 3.63) is 87.0 Å². The van der Waals surface area contributed by atoms with Gasteiger partial charge in [0.05, 0.1) is 16.5 Å². The van der Waals surface area contributed by atoms with Crippen molar-refractivity contribution in [2.45, 2.75) is 10.3 Å². The maximum absolute atomic E-state index is 13.0. The summed E-state index contributed by atoms with van der Waals surface area (Å²) in [4.78, 5) is 29.9. The van der Waals surface area contributed by atoms with E-state index in [-0.39, 0.29) is 10.6 Å². The highest BCUT2D eigenvalue weighted by molar-refractivity contribution is 6.53. The van der Waals surface area contributed by atoms with Gasteiger partial charge in [0.15, 0.2) is 0 Å². The molecule has 2 amide bonds. The average molecular weight is 559 g/mol. The number of carbonyl (C=O) groups excluding carboxylic acids is 2. The van der Waals surface area contributed by atoms with Gasteiger partial charge in [0.25, 0.3) is 5.91 Å². The monoisotopic (exact) mass is 556 g/mol. The third-order valence-electron chi connectivity index (χ3n) is 5.32. The normalized spacial score (nSPS) is 18.2. The summed E-state index contributed by atoms with van der Waals surface area (Å²) in [6, 6.07) is 14.8. The second kappa shape index (κ2) is 9.80. The van der Waals surface area contributed by atoms with E-state index >= 15 is 0 Å². The number of pyridine rings is 1. The molecule has 1 fully saturated rings. The summed E-state index contributed by atoms with van der Waals surface area (Å²) >= 11 is 31.2. The predicted octanol–water partition coefficient (Wildman–Crippen LogP) is 6.35. The highest BCUT2D eigenvalue weighted by Gasteiger charge is 2.67. The van der Waals surface area contributed by atoms with Crippen LogP contribution in [-0.2, 0) is 4.79 Å². The van der Waals surface area contributed by atoms with E-state index in [2.05, 4.69) is 15.7 Å². The number of aromatic nitrogens is 1. The Bertz CT molecular complexity index is 1240. The molecule has 0 radical (unpaired) electrons. The SMILES string of the molecule is CN(NC(=O)c1cc(NC(=O)C2C(c3cc(Cl)cc(Cl)c3)C2(Cl)Cl)ccc1Cl)c1ccccn1. The fourth-order valence-electron chi connectivity index (χ4n) is 3.64. The number of alkyl halides is 2. The van der Waals surface area contributed by atoms with Gasteiger partial charge in [-0.1, -0.05) is 40.9 Å². The van der Waals surface area contributed by atoms with Crippen molar-refractivity contribution >= 4 is 81.3 Å². The van der Waals surface area contributed by atoms with Gasteiger partial charge < -0.3 is 5.32 Å². The molecule has 1 aromatic heterocycles. The summed E-state index contributed by atoms with van der Waals surface area (Å²) in [6.07, 6.45) is 1.61. The van der Waals surface area contributed by atoms with Crippen molar-refractivity contribution in [2.75, 3.05) is 17.4 Å². The van der Waals surface area contributed by atoms with E-state index in [9.17, 15) is 9.59 Å². The summed E-state index contributed by atoms with van der Waals surface area (Å²) < 4.78 is -1.32. The highest BCUT2D eigenvalue weighted by Crippen LogP contribution is 2.65. The van der Waals surface area contributed by atoms with Gasteiger partial charge in [0.1, 0.15) is 10.2 Å². The molecule has 34 heavy (non-hydrogen) atoms. The second-order valence-corrected chi connectivity index (χ2v) is 10.4. The summed E-state index contributed by atoms with van der Waals surface area (Å²) in [5, 5.41) is 5.27. The van der Waals surface area contributed by atoms with E-state index in [1.54, 1.807) is 55.7 Å². The quantitative estimate of drug-likeness (QED) is 0.273. The van der Waals surface area contributed by atoms with Gasteiger partial charge in [-0.05, 0) is 54.1 Å². The van der Waals surface area contributed by atoms with Crippen LogP contribution < -0.4 is 15.8 Å².